The van der Waals surface area contributed by atoms with Crippen LogP contribution in [0.4, 0.5) is 0 Å². The molecule has 9 atom stereocenters. The fraction of sp³-hybridized carbons (Fsp3) is 1.00. The number of fused-ring (bicyclic) bond motifs is 5. The van der Waals surface area contributed by atoms with Gasteiger partial charge in [-0.2, -0.15) is 0 Å². The number of rotatable bonds is 11. The lowest BCUT2D eigenvalue weighted by molar-refractivity contribution is -0.130. The molecule has 0 amide bonds. The summed E-state index contributed by atoms with van der Waals surface area (Å²) in [6, 6.07) is 7.74. The average Bonchev–Trinajstić information content (AvgIpc) is 3.28. The molecule has 2 nitrogen and oxygen atoms in total. The van der Waals surface area contributed by atoms with Crippen molar-refractivity contribution in [2.24, 2.45) is 40.4 Å². The summed E-state index contributed by atoms with van der Waals surface area (Å²) in [6.07, 6.45) is 13.9. The SMILES string of the molecule is CC[Si](CC)(CC)O[C@H]1CC[C@@]2(C)[C@@H](CC[C@@H]3[C@@H]2CC[C@]2(C)[C@@H]([C@H](C)O[Si](CC)(CC)CC)CC[C@@H]32)C1. The molecule has 0 spiro atoms. The molecule has 4 fully saturated rings. The van der Waals surface area contributed by atoms with Crippen LogP contribution in [0.3, 0.4) is 0 Å². The summed E-state index contributed by atoms with van der Waals surface area (Å²) in [5, 5.41) is 0. The smallest absolute Gasteiger partial charge is 0.192 e. The van der Waals surface area contributed by atoms with Crippen molar-refractivity contribution in [2.75, 3.05) is 0 Å². The molecule has 216 valence electrons. The van der Waals surface area contributed by atoms with Crippen molar-refractivity contribution in [3.05, 3.63) is 0 Å². The van der Waals surface area contributed by atoms with Crippen molar-refractivity contribution < 1.29 is 8.85 Å². The number of hydrogen-bond acceptors (Lipinski definition) is 2. The van der Waals surface area contributed by atoms with Gasteiger partial charge in [0.1, 0.15) is 0 Å². The molecule has 0 N–H and O–H groups in total. The van der Waals surface area contributed by atoms with E-state index in [2.05, 4.69) is 62.3 Å². The van der Waals surface area contributed by atoms with E-state index < -0.39 is 16.6 Å². The van der Waals surface area contributed by atoms with E-state index >= 15 is 0 Å². The molecule has 4 aliphatic rings. The van der Waals surface area contributed by atoms with E-state index in [1.54, 1.807) is 0 Å². The molecular weight excluding hydrogens is 485 g/mol. The van der Waals surface area contributed by atoms with Crippen LogP contribution in [0.1, 0.15) is 120 Å². The lowest BCUT2D eigenvalue weighted by atomic mass is 9.44. The van der Waals surface area contributed by atoms with Crippen molar-refractivity contribution in [1.82, 2.24) is 0 Å². The van der Waals surface area contributed by atoms with Gasteiger partial charge in [0.2, 0.25) is 0 Å². The van der Waals surface area contributed by atoms with Crippen LogP contribution < -0.4 is 0 Å². The molecule has 4 aliphatic carbocycles. The Labute approximate surface area is 234 Å². The second-order valence-electron chi connectivity index (χ2n) is 14.7. The summed E-state index contributed by atoms with van der Waals surface area (Å²) in [5.41, 5.74) is 1.07. The second kappa shape index (κ2) is 11.7. The first-order valence-corrected chi connectivity index (χ1v) is 22.0. The standard InChI is InChI=1S/C33H64O2Si2/c1-10-36(11-2,12-3)34-25(7)29-18-19-30-28-17-16-26-24-27(35-37(13-4,14-5)15-6)20-22-32(26,8)31(28)21-23-33(29,30)9/h25-31H,10-24H2,1-9H3/t25-,26-,27-,28-,29+,30-,31-,32-,33+/m0/s1. The zero-order chi connectivity index (χ0) is 27.1. The van der Waals surface area contributed by atoms with Gasteiger partial charge in [-0.15, -0.1) is 0 Å². The summed E-state index contributed by atoms with van der Waals surface area (Å²) in [5.74, 6) is 4.55. The maximum Gasteiger partial charge on any atom is 0.192 e. The van der Waals surface area contributed by atoms with Gasteiger partial charge in [-0.1, -0.05) is 55.4 Å². The Bertz CT molecular complexity index is 732. The molecule has 0 aromatic carbocycles. The Morgan fingerprint density at radius 3 is 1.84 bits per heavy atom. The molecule has 0 bridgehead atoms. The van der Waals surface area contributed by atoms with E-state index in [0.717, 1.165) is 29.6 Å². The molecule has 0 aromatic heterocycles. The Kier molecular flexibility index (Phi) is 9.58. The van der Waals surface area contributed by atoms with E-state index in [1.165, 1.54) is 94.1 Å². The van der Waals surface area contributed by atoms with Gasteiger partial charge in [0.15, 0.2) is 16.6 Å². The van der Waals surface area contributed by atoms with E-state index in [0.29, 0.717) is 23.0 Å². The lowest BCUT2D eigenvalue weighted by Crippen LogP contribution is -2.55. The number of hydrogen-bond donors (Lipinski definition) is 0. The van der Waals surface area contributed by atoms with Gasteiger partial charge in [0.25, 0.3) is 0 Å². The largest absolute Gasteiger partial charge is 0.414 e. The van der Waals surface area contributed by atoms with Crippen LogP contribution in [0.5, 0.6) is 0 Å². The zero-order valence-electron chi connectivity index (χ0n) is 26.5. The van der Waals surface area contributed by atoms with Gasteiger partial charge in [-0.25, -0.2) is 0 Å². The molecule has 0 saturated heterocycles. The first-order chi connectivity index (χ1) is 17.6. The third-order valence-corrected chi connectivity index (χ3v) is 23.4. The molecule has 37 heavy (non-hydrogen) atoms. The summed E-state index contributed by atoms with van der Waals surface area (Å²) >= 11 is 0. The molecule has 0 radical (unpaired) electrons. The topological polar surface area (TPSA) is 18.5 Å². The minimum Gasteiger partial charge on any atom is -0.414 e. The average molecular weight is 549 g/mol. The van der Waals surface area contributed by atoms with Crippen molar-refractivity contribution >= 4 is 16.6 Å². The van der Waals surface area contributed by atoms with Gasteiger partial charge in [0, 0.05) is 12.2 Å². The molecule has 4 heteroatoms. The molecule has 4 rings (SSSR count). The van der Waals surface area contributed by atoms with Crippen molar-refractivity contribution in [3.8, 4) is 0 Å². The van der Waals surface area contributed by atoms with Crippen molar-refractivity contribution in [3.63, 3.8) is 0 Å². The fourth-order valence-corrected chi connectivity index (χ4v) is 16.8. The third kappa shape index (κ3) is 5.26. The van der Waals surface area contributed by atoms with Crippen LogP contribution in [-0.4, -0.2) is 28.8 Å². The van der Waals surface area contributed by atoms with Crippen LogP contribution in [-0.2, 0) is 8.85 Å². The highest BCUT2D eigenvalue weighted by molar-refractivity contribution is 6.74. The minimum atomic E-state index is -1.55. The Balaban J connectivity index is 1.45. The third-order valence-electron chi connectivity index (χ3n) is 14.0. The monoisotopic (exact) mass is 548 g/mol. The van der Waals surface area contributed by atoms with Gasteiger partial charge < -0.3 is 8.85 Å². The van der Waals surface area contributed by atoms with Gasteiger partial charge >= 0.3 is 0 Å². The first kappa shape index (κ1) is 30.3. The van der Waals surface area contributed by atoms with Crippen molar-refractivity contribution in [1.29, 1.82) is 0 Å². The predicted octanol–water partition coefficient (Wildman–Crippen LogP) is 10.4. The molecule has 4 saturated carbocycles. The van der Waals surface area contributed by atoms with E-state index in [1.807, 2.05) is 0 Å². The normalized spacial score (nSPS) is 41.1. The van der Waals surface area contributed by atoms with E-state index in [9.17, 15) is 0 Å². The maximum atomic E-state index is 7.13. The Morgan fingerprint density at radius 2 is 1.24 bits per heavy atom. The molecule has 0 aromatic rings. The van der Waals surface area contributed by atoms with Crippen LogP contribution in [0, 0.1) is 40.4 Å². The zero-order valence-corrected chi connectivity index (χ0v) is 28.5. The van der Waals surface area contributed by atoms with Gasteiger partial charge in [-0.05, 0) is 141 Å². The Morgan fingerprint density at radius 1 is 0.676 bits per heavy atom. The summed E-state index contributed by atoms with van der Waals surface area (Å²) in [6.45, 7) is 22.3. The fourth-order valence-electron chi connectivity index (χ4n) is 11.0. The van der Waals surface area contributed by atoms with Crippen LogP contribution >= 0.6 is 0 Å². The summed E-state index contributed by atoms with van der Waals surface area (Å²) in [7, 11) is -3.05. The highest BCUT2D eigenvalue weighted by Gasteiger charge is 2.61. The highest BCUT2D eigenvalue weighted by atomic mass is 28.4. The quantitative estimate of drug-likeness (QED) is 0.239. The molecular formula is C33H64O2Si2. The van der Waals surface area contributed by atoms with Crippen LogP contribution in [0.25, 0.3) is 0 Å². The minimum absolute atomic E-state index is 0.456. The van der Waals surface area contributed by atoms with Gasteiger partial charge in [0.05, 0.1) is 0 Å². The lowest BCUT2D eigenvalue weighted by Gasteiger charge is -2.61. The summed E-state index contributed by atoms with van der Waals surface area (Å²) in [4.78, 5) is 0. The van der Waals surface area contributed by atoms with E-state index in [4.69, 9.17) is 8.85 Å². The van der Waals surface area contributed by atoms with Crippen LogP contribution in [0.15, 0.2) is 0 Å². The van der Waals surface area contributed by atoms with Gasteiger partial charge in [-0.3, -0.25) is 0 Å². The van der Waals surface area contributed by atoms with Crippen molar-refractivity contribution in [2.45, 2.75) is 169 Å². The first-order valence-electron chi connectivity index (χ1n) is 16.9. The molecule has 0 heterocycles. The molecule has 0 unspecified atom stereocenters. The van der Waals surface area contributed by atoms with Crippen LogP contribution in [0.2, 0.25) is 36.3 Å². The summed E-state index contributed by atoms with van der Waals surface area (Å²) < 4.78 is 14.2. The van der Waals surface area contributed by atoms with E-state index in [-0.39, 0.29) is 0 Å². The molecule has 0 aliphatic heterocycles. The second-order valence-corrected chi connectivity index (χ2v) is 24.2. The Hall–Kier alpha value is 0.354. The maximum absolute atomic E-state index is 7.13. The predicted molar refractivity (Wildman–Crippen MR) is 165 cm³/mol. The highest BCUT2D eigenvalue weighted by Crippen LogP contribution is 2.68.